The summed E-state index contributed by atoms with van der Waals surface area (Å²) in [6, 6.07) is 5.04. The third-order valence-corrected chi connectivity index (χ3v) is 4.40. The van der Waals surface area contributed by atoms with Gasteiger partial charge < -0.3 is 16.0 Å². The molecule has 0 bridgehead atoms. The number of likely N-dealkylation sites (tertiary alicyclic amines) is 1. The average molecular weight is 316 g/mol. The number of carbonyl (C=O) groups excluding carboxylic acids is 1. The molecule has 1 heterocycles. The van der Waals surface area contributed by atoms with Crippen molar-refractivity contribution >= 4 is 34.9 Å². The quantitative estimate of drug-likeness (QED) is 0.876. The highest BCUT2D eigenvalue weighted by Crippen LogP contribution is 2.25. The monoisotopic (exact) mass is 315 g/mol. The van der Waals surface area contributed by atoms with E-state index in [-0.39, 0.29) is 12.1 Å². The van der Waals surface area contributed by atoms with Crippen LogP contribution in [0.2, 0.25) is 10.0 Å². The topological polar surface area (TPSA) is 58.4 Å². The average Bonchev–Trinajstić information content (AvgIpc) is 2.43. The van der Waals surface area contributed by atoms with E-state index in [4.69, 9.17) is 28.9 Å². The number of halogens is 2. The first-order valence-corrected chi connectivity index (χ1v) is 7.49. The number of nitrogens with one attached hydrogen (secondary N) is 1. The highest BCUT2D eigenvalue weighted by atomic mass is 35.5. The number of carbonyl (C=O) groups is 1. The maximum absolute atomic E-state index is 12.2. The van der Waals surface area contributed by atoms with Gasteiger partial charge in [0.05, 0.1) is 10.0 Å². The van der Waals surface area contributed by atoms with Crippen molar-refractivity contribution in [3.8, 4) is 0 Å². The fourth-order valence-corrected chi connectivity index (χ4v) is 2.70. The van der Waals surface area contributed by atoms with E-state index < -0.39 is 0 Å². The number of anilines is 1. The van der Waals surface area contributed by atoms with Gasteiger partial charge in [-0.15, -0.1) is 0 Å². The lowest BCUT2D eigenvalue weighted by Gasteiger charge is -2.34. The summed E-state index contributed by atoms with van der Waals surface area (Å²) in [5.41, 5.74) is 6.57. The lowest BCUT2D eigenvalue weighted by molar-refractivity contribution is 0.169. The molecule has 2 rings (SSSR count). The second-order valence-corrected chi connectivity index (χ2v) is 6.08. The molecule has 20 heavy (non-hydrogen) atoms. The van der Waals surface area contributed by atoms with Gasteiger partial charge in [-0.25, -0.2) is 4.79 Å². The summed E-state index contributed by atoms with van der Waals surface area (Å²) in [6.45, 7) is 3.45. The summed E-state index contributed by atoms with van der Waals surface area (Å²) in [7, 11) is 0. The summed E-state index contributed by atoms with van der Waals surface area (Å²) >= 11 is 11.8. The van der Waals surface area contributed by atoms with Crippen molar-refractivity contribution < 1.29 is 4.79 Å². The summed E-state index contributed by atoms with van der Waals surface area (Å²) in [4.78, 5) is 14.0. The molecular formula is C14H19Cl2N3O. The maximum atomic E-state index is 12.2. The van der Waals surface area contributed by atoms with Gasteiger partial charge in [-0.05, 0) is 43.9 Å². The Morgan fingerprint density at radius 1 is 1.45 bits per heavy atom. The van der Waals surface area contributed by atoms with Gasteiger partial charge in [-0.2, -0.15) is 0 Å². The fourth-order valence-electron chi connectivity index (χ4n) is 2.40. The van der Waals surface area contributed by atoms with Gasteiger partial charge >= 0.3 is 6.03 Å². The molecule has 6 heteroatoms. The first kappa shape index (κ1) is 15.4. The molecule has 0 aliphatic carbocycles. The van der Waals surface area contributed by atoms with Crippen molar-refractivity contribution in [2.45, 2.75) is 25.8 Å². The Labute approximate surface area is 129 Å². The largest absolute Gasteiger partial charge is 0.328 e. The summed E-state index contributed by atoms with van der Waals surface area (Å²) in [5.74, 6) is 0.364. The molecule has 1 fully saturated rings. The van der Waals surface area contributed by atoms with Crippen molar-refractivity contribution in [3.63, 3.8) is 0 Å². The zero-order chi connectivity index (χ0) is 14.7. The van der Waals surface area contributed by atoms with Gasteiger partial charge in [0.2, 0.25) is 0 Å². The molecule has 3 N–H and O–H groups in total. The fraction of sp³-hybridized carbons (Fsp3) is 0.500. The Morgan fingerprint density at radius 2 is 2.20 bits per heavy atom. The molecule has 4 nitrogen and oxygen atoms in total. The van der Waals surface area contributed by atoms with Crippen molar-refractivity contribution in [2.75, 3.05) is 18.4 Å². The Hall–Kier alpha value is -0.970. The molecule has 1 aromatic rings. The summed E-state index contributed by atoms with van der Waals surface area (Å²) in [5, 5.41) is 3.74. The number of benzene rings is 1. The van der Waals surface area contributed by atoms with E-state index in [1.54, 1.807) is 23.1 Å². The van der Waals surface area contributed by atoms with Crippen LogP contribution >= 0.6 is 23.2 Å². The van der Waals surface area contributed by atoms with Gasteiger partial charge in [0.1, 0.15) is 0 Å². The summed E-state index contributed by atoms with van der Waals surface area (Å²) < 4.78 is 0. The lowest BCUT2D eigenvalue weighted by Crippen LogP contribution is -2.46. The zero-order valence-electron chi connectivity index (χ0n) is 11.4. The van der Waals surface area contributed by atoms with Crippen LogP contribution in [0.3, 0.4) is 0 Å². The lowest BCUT2D eigenvalue weighted by atomic mass is 9.92. The predicted octanol–water partition coefficient (Wildman–Crippen LogP) is 3.58. The number of hydrogen-bond donors (Lipinski definition) is 2. The van der Waals surface area contributed by atoms with E-state index in [9.17, 15) is 4.79 Å². The SMILES string of the molecule is CC(N)C1CCCN(C(=O)Nc2ccc(Cl)c(Cl)c2)C1. The highest BCUT2D eigenvalue weighted by Gasteiger charge is 2.25. The normalized spacial score (nSPS) is 20.6. The van der Waals surface area contributed by atoms with Crippen LogP contribution in [0.1, 0.15) is 19.8 Å². The van der Waals surface area contributed by atoms with Gasteiger partial charge in [0.25, 0.3) is 0 Å². The molecule has 0 spiro atoms. The van der Waals surface area contributed by atoms with Gasteiger partial charge in [0, 0.05) is 24.8 Å². The second kappa shape index (κ2) is 6.66. The van der Waals surface area contributed by atoms with Crippen LogP contribution in [0.5, 0.6) is 0 Å². The number of hydrogen-bond acceptors (Lipinski definition) is 2. The van der Waals surface area contributed by atoms with Crippen LogP contribution in [0, 0.1) is 5.92 Å². The number of rotatable bonds is 2. The number of piperidine rings is 1. The zero-order valence-corrected chi connectivity index (χ0v) is 12.9. The third-order valence-electron chi connectivity index (χ3n) is 3.66. The molecule has 2 unspecified atom stereocenters. The van der Waals surface area contributed by atoms with Gasteiger partial charge in [-0.1, -0.05) is 23.2 Å². The van der Waals surface area contributed by atoms with Gasteiger partial charge in [-0.3, -0.25) is 0 Å². The van der Waals surface area contributed by atoms with Crippen LogP contribution < -0.4 is 11.1 Å². The molecule has 110 valence electrons. The first-order chi connectivity index (χ1) is 9.47. The number of amides is 2. The molecule has 1 aliphatic rings. The van der Waals surface area contributed by atoms with Crippen LogP contribution in [-0.2, 0) is 0 Å². The van der Waals surface area contributed by atoms with Crippen LogP contribution in [-0.4, -0.2) is 30.1 Å². The van der Waals surface area contributed by atoms with Crippen molar-refractivity contribution in [3.05, 3.63) is 28.2 Å². The molecule has 1 aromatic carbocycles. The standard InChI is InChI=1S/C14H19Cl2N3O/c1-9(17)10-3-2-6-19(8-10)14(20)18-11-4-5-12(15)13(16)7-11/h4-5,7,9-10H,2-3,6,8,17H2,1H3,(H,18,20). The Balaban J connectivity index is 1.98. The minimum atomic E-state index is -0.117. The number of urea groups is 1. The van der Waals surface area contributed by atoms with Crippen molar-refractivity contribution in [1.29, 1.82) is 0 Å². The summed E-state index contributed by atoms with van der Waals surface area (Å²) in [6.07, 6.45) is 2.06. The number of nitrogens with two attached hydrogens (primary N) is 1. The van der Waals surface area contributed by atoms with Crippen molar-refractivity contribution in [2.24, 2.45) is 11.7 Å². The molecule has 0 saturated carbocycles. The smallest absolute Gasteiger partial charge is 0.321 e. The van der Waals surface area contributed by atoms with Crippen LogP contribution in [0.4, 0.5) is 10.5 Å². The molecular weight excluding hydrogens is 297 g/mol. The molecule has 0 radical (unpaired) electrons. The first-order valence-electron chi connectivity index (χ1n) is 6.74. The van der Waals surface area contributed by atoms with E-state index in [0.29, 0.717) is 28.2 Å². The Bertz CT molecular complexity index is 493. The van der Waals surface area contributed by atoms with E-state index >= 15 is 0 Å². The van der Waals surface area contributed by atoms with E-state index in [1.807, 2.05) is 6.92 Å². The van der Waals surface area contributed by atoms with Gasteiger partial charge in [0.15, 0.2) is 0 Å². The van der Waals surface area contributed by atoms with E-state index in [0.717, 1.165) is 19.4 Å². The van der Waals surface area contributed by atoms with E-state index in [2.05, 4.69) is 5.32 Å². The highest BCUT2D eigenvalue weighted by molar-refractivity contribution is 6.42. The van der Waals surface area contributed by atoms with Crippen LogP contribution in [0.25, 0.3) is 0 Å². The molecule has 2 atom stereocenters. The molecule has 1 aliphatic heterocycles. The molecule has 1 saturated heterocycles. The van der Waals surface area contributed by atoms with Crippen LogP contribution in [0.15, 0.2) is 18.2 Å². The maximum Gasteiger partial charge on any atom is 0.321 e. The minimum Gasteiger partial charge on any atom is -0.328 e. The van der Waals surface area contributed by atoms with Crippen molar-refractivity contribution in [1.82, 2.24) is 4.90 Å². The minimum absolute atomic E-state index is 0.107. The second-order valence-electron chi connectivity index (χ2n) is 5.27. The predicted molar refractivity (Wildman–Crippen MR) is 83.4 cm³/mol. The van der Waals surface area contributed by atoms with E-state index in [1.165, 1.54) is 0 Å². The Kier molecular flexibility index (Phi) is 5.13. The molecule has 0 aromatic heterocycles. The Morgan fingerprint density at radius 3 is 2.85 bits per heavy atom. The number of nitrogens with zero attached hydrogens (tertiary/aromatic N) is 1. The third kappa shape index (κ3) is 3.78. The molecule has 2 amide bonds.